The summed E-state index contributed by atoms with van der Waals surface area (Å²) in [6.45, 7) is 10.0. The lowest BCUT2D eigenvalue weighted by atomic mass is 9.77. The molecule has 92 valence electrons. The Balaban J connectivity index is 2.59. The van der Waals surface area contributed by atoms with E-state index in [1.807, 2.05) is 27.7 Å². The molecule has 1 aromatic heterocycles. The lowest BCUT2D eigenvalue weighted by Gasteiger charge is -2.26. The summed E-state index contributed by atoms with van der Waals surface area (Å²) in [4.78, 5) is 12.3. The number of nitrogens with zero attached hydrogens (tertiary/aromatic N) is 1. The Labute approximate surface area is 102 Å². The van der Waals surface area contributed by atoms with Gasteiger partial charge in [0.25, 0.3) is 0 Å². The number of aryl methyl sites for hydroxylation is 1. The number of Topliss-reactive ketones (excluding diaryl/α,β-unsaturated/α-hetero) is 1. The van der Waals surface area contributed by atoms with Crippen LogP contribution >= 0.6 is 0 Å². The molecule has 0 spiro atoms. The number of aromatic nitrogens is 1. The summed E-state index contributed by atoms with van der Waals surface area (Å²) in [7, 11) is 0. The zero-order valence-corrected chi connectivity index (χ0v) is 11.1. The number of carbonyl (C=O) groups excluding carboxylic acids is 1. The van der Waals surface area contributed by atoms with Gasteiger partial charge in [-0.25, -0.2) is 0 Å². The van der Waals surface area contributed by atoms with Crippen molar-refractivity contribution in [2.75, 3.05) is 0 Å². The molecular formula is C14H19NO2. The van der Waals surface area contributed by atoms with Gasteiger partial charge in [-0.05, 0) is 33.1 Å². The fourth-order valence-electron chi connectivity index (χ4n) is 2.44. The molecule has 1 aliphatic rings. The monoisotopic (exact) mass is 233 g/mol. The van der Waals surface area contributed by atoms with Crippen molar-refractivity contribution in [2.24, 2.45) is 11.8 Å². The zero-order chi connectivity index (χ0) is 12.7. The summed E-state index contributed by atoms with van der Waals surface area (Å²) >= 11 is 0. The van der Waals surface area contributed by atoms with E-state index in [0.717, 1.165) is 28.8 Å². The molecule has 0 amide bonds. The minimum absolute atomic E-state index is 0.0773. The molecule has 1 aliphatic carbocycles. The van der Waals surface area contributed by atoms with Crippen LogP contribution in [0.5, 0.6) is 0 Å². The second-order valence-corrected chi connectivity index (χ2v) is 5.18. The van der Waals surface area contributed by atoms with Gasteiger partial charge in [0.1, 0.15) is 0 Å². The molecular weight excluding hydrogens is 214 g/mol. The fourth-order valence-corrected chi connectivity index (χ4v) is 2.44. The van der Waals surface area contributed by atoms with E-state index in [1.54, 1.807) is 0 Å². The fraction of sp³-hybridized carbons (Fsp3) is 0.571. The minimum atomic E-state index is 0.0773. The molecule has 0 N–H and O–H groups in total. The lowest BCUT2D eigenvalue weighted by molar-refractivity contribution is -0.117. The highest BCUT2D eigenvalue weighted by Crippen LogP contribution is 2.37. The first-order valence-corrected chi connectivity index (χ1v) is 6.11. The van der Waals surface area contributed by atoms with Crippen LogP contribution in [0.3, 0.4) is 0 Å². The van der Waals surface area contributed by atoms with Crippen molar-refractivity contribution < 1.29 is 9.32 Å². The van der Waals surface area contributed by atoms with Gasteiger partial charge in [-0.1, -0.05) is 24.6 Å². The second-order valence-electron chi connectivity index (χ2n) is 5.18. The average Bonchev–Trinajstić information content (AvgIpc) is 2.59. The van der Waals surface area contributed by atoms with E-state index >= 15 is 0 Å². The highest BCUT2D eigenvalue weighted by Gasteiger charge is 2.32. The Kier molecular flexibility index (Phi) is 2.94. The maximum Gasteiger partial charge on any atom is 0.173 e. The SMILES string of the molecule is CC1=C(c2onc(C)c2C)C(=O)C(C)CC1C. The van der Waals surface area contributed by atoms with Crippen LogP contribution in [0.1, 0.15) is 44.2 Å². The van der Waals surface area contributed by atoms with Gasteiger partial charge in [0.2, 0.25) is 0 Å². The maximum absolute atomic E-state index is 12.3. The third kappa shape index (κ3) is 1.84. The predicted octanol–water partition coefficient (Wildman–Crippen LogP) is 3.31. The summed E-state index contributed by atoms with van der Waals surface area (Å²) in [6, 6.07) is 0. The van der Waals surface area contributed by atoms with Gasteiger partial charge in [0.05, 0.1) is 11.3 Å². The number of ketones is 1. The van der Waals surface area contributed by atoms with E-state index in [0.29, 0.717) is 11.7 Å². The molecule has 0 fully saturated rings. The molecule has 2 rings (SSSR count). The van der Waals surface area contributed by atoms with Crippen molar-refractivity contribution >= 4 is 11.4 Å². The first kappa shape index (κ1) is 12.1. The van der Waals surface area contributed by atoms with E-state index in [9.17, 15) is 4.79 Å². The van der Waals surface area contributed by atoms with Crippen LogP contribution in [0, 0.1) is 25.7 Å². The van der Waals surface area contributed by atoms with Crippen LogP contribution in [-0.4, -0.2) is 10.9 Å². The number of rotatable bonds is 1. The van der Waals surface area contributed by atoms with Gasteiger partial charge in [-0.3, -0.25) is 4.79 Å². The van der Waals surface area contributed by atoms with Gasteiger partial charge in [-0.15, -0.1) is 0 Å². The third-order valence-corrected chi connectivity index (χ3v) is 3.92. The second kappa shape index (κ2) is 4.13. The summed E-state index contributed by atoms with van der Waals surface area (Å²) in [5.74, 6) is 1.37. The van der Waals surface area contributed by atoms with Crippen LogP contribution in [0.2, 0.25) is 0 Å². The minimum Gasteiger partial charge on any atom is -0.356 e. The highest BCUT2D eigenvalue weighted by atomic mass is 16.5. The number of hydrogen-bond acceptors (Lipinski definition) is 3. The summed E-state index contributed by atoms with van der Waals surface area (Å²) in [5, 5.41) is 3.95. The maximum atomic E-state index is 12.3. The highest BCUT2D eigenvalue weighted by molar-refractivity contribution is 6.22. The average molecular weight is 233 g/mol. The summed E-state index contributed by atoms with van der Waals surface area (Å²) < 4.78 is 5.34. The van der Waals surface area contributed by atoms with Gasteiger partial charge in [-0.2, -0.15) is 0 Å². The van der Waals surface area contributed by atoms with Gasteiger partial charge >= 0.3 is 0 Å². The molecule has 0 radical (unpaired) electrons. The van der Waals surface area contributed by atoms with Crippen LogP contribution < -0.4 is 0 Å². The number of allylic oxidation sites excluding steroid dienone is 2. The number of carbonyl (C=O) groups is 1. The summed E-state index contributed by atoms with van der Waals surface area (Å²) in [5.41, 5.74) is 3.73. The standard InChI is InChI=1S/C14H19NO2/c1-7-6-8(2)13(16)12(9(7)3)14-10(4)11(5)15-17-14/h7-8H,6H2,1-5H3. The Morgan fingerprint density at radius 2 is 1.82 bits per heavy atom. The number of hydrogen-bond donors (Lipinski definition) is 0. The molecule has 2 atom stereocenters. The first-order valence-electron chi connectivity index (χ1n) is 6.11. The van der Waals surface area contributed by atoms with Crippen LogP contribution in [0.25, 0.3) is 5.57 Å². The van der Waals surface area contributed by atoms with Gasteiger partial charge in [0, 0.05) is 11.5 Å². The molecule has 0 aliphatic heterocycles. The van der Waals surface area contributed by atoms with Crippen LogP contribution in [0.4, 0.5) is 0 Å². The van der Waals surface area contributed by atoms with E-state index in [1.165, 1.54) is 0 Å². The van der Waals surface area contributed by atoms with Crippen molar-refractivity contribution in [3.05, 3.63) is 22.6 Å². The van der Waals surface area contributed by atoms with E-state index in [-0.39, 0.29) is 11.7 Å². The van der Waals surface area contributed by atoms with Crippen molar-refractivity contribution in [3.63, 3.8) is 0 Å². The van der Waals surface area contributed by atoms with E-state index in [2.05, 4.69) is 12.1 Å². The van der Waals surface area contributed by atoms with Crippen molar-refractivity contribution in [3.8, 4) is 0 Å². The lowest BCUT2D eigenvalue weighted by Crippen LogP contribution is -2.23. The quantitative estimate of drug-likeness (QED) is 0.747. The van der Waals surface area contributed by atoms with Crippen LogP contribution in [-0.2, 0) is 4.79 Å². The summed E-state index contributed by atoms with van der Waals surface area (Å²) in [6.07, 6.45) is 0.931. The molecule has 0 saturated carbocycles. The Hall–Kier alpha value is -1.38. The van der Waals surface area contributed by atoms with Gasteiger partial charge < -0.3 is 4.52 Å². The molecule has 2 unspecified atom stereocenters. The molecule has 1 aromatic rings. The van der Waals surface area contributed by atoms with Crippen LogP contribution in [0.15, 0.2) is 10.1 Å². The zero-order valence-electron chi connectivity index (χ0n) is 11.1. The van der Waals surface area contributed by atoms with Crippen molar-refractivity contribution in [1.82, 2.24) is 5.16 Å². The first-order chi connectivity index (χ1) is 7.93. The Morgan fingerprint density at radius 3 is 2.35 bits per heavy atom. The van der Waals surface area contributed by atoms with E-state index < -0.39 is 0 Å². The largest absolute Gasteiger partial charge is 0.356 e. The molecule has 1 heterocycles. The normalized spacial score (nSPS) is 25.6. The smallest absolute Gasteiger partial charge is 0.173 e. The molecule has 0 saturated heterocycles. The predicted molar refractivity (Wildman–Crippen MR) is 66.5 cm³/mol. The molecule has 0 aromatic carbocycles. The molecule has 0 bridgehead atoms. The molecule has 3 heteroatoms. The Morgan fingerprint density at radius 1 is 1.18 bits per heavy atom. The molecule has 3 nitrogen and oxygen atoms in total. The van der Waals surface area contributed by atoms with Gasteiger partial charge in [0.15, 0.2) is 11.5 Å². The topological polar surface area (TPSA) is 43.1 Å². The Bertz CT molecular complexity index is 496. The van der Waals surface area contributed by atoms with Crippen molar-refractivity contribution in [2.45, 2.75) is 41.0 Å². The van der Waals surface area contributed by atoms with Crippen molar-refractivity contribution in [1.29, 1.82) is 0 Å². The van der Waals surface area contributed by atoms with E-state index in [4.69, 9.17) is 4.52 Å². The molecule has 17 heavy (non-hydrogen) atoms. The third-order valence-electron chi connectivity index (χ3n) is 3.92.